The van der Waals surface area contributed by atoms with Crippen molar-refractivity contribution in [2.45, 2.75) is 13.8 Å². The zero-order valence-electron chi connectivity index (χ0n) is 10.0. The number of pyridine rings is 1. The van der Waals surface area contributed by atoms with E-state index in [2.05, 4.69) is 10.3 Å². The van der Waals surface area contributed by atoms with Crippen molar-refractivity contribution < 1.29 is 9.66 Å². The molecule has 1 heterocycles. The van der Waals surface area contributed by atoms with Crippen molar-refractivity contribution in [3.8, 4) is 5.75 Å². The van der Waals surface area contributed by atoms with Gasteiger partial charge in [-0.2, -0.15) is 0 Å². The summed E-state index contributed by atoms with van der Waals surface area (Å²) in [6.45, 7) is 6.20. The van der Waals surface area contributed by atoms with Crippen LogP contribution in [0.1, 0.15) is 13.8 Å². The van der Waals surface area contributed by atoms with Gasteiger partial charge in [0.2, 0.25) is 5.75 Å². The van der Waals surface area contributed by atoms with Crippen LogP contribution >= 0.6 is 0 Å². The second-order valence-corrected chi connectivity index (χ2v) is 3.81. The summed E-state index contributed by atoms with van der Waals surface area (Å²) in [7, 11) is 0. The van der Waals surface area contributed by atoms with E-state index < -0.39 is 4.92 Å². The fourth-order valence-electron chi connectivity index (χ4n) is 1.31. The van der Waals surface area contributed by atoms with Crippen LogP contribution in [0.25, 0.3) is 0 Å². The highest BCUT2D eigenvalue weighted by Gasteiger charge is 2.16. The number of nitro groups is 1. The molecule has 0 aliphatic heterocycles. The standard InChI is InChI=1S/C11H17N3O3/c1-3-12-7-9(2)8-17-10-5-4-6-13-11(10)14(15)16/h4-6,9,12H,3,7-8H2,1-2H3. The Bertz CT molecular complexity index is 371. The third-order valence-corrected chi connectivity index (χ3v) is 2.19. The summed E-state index contributed by atoms with van der Waals surface area (Å²) in [6, 6.07) is 3.18. The summed E-state index contributed by atoms with van der Waals surface area (Å²) < 4.78 is 5.41. The first kappa shape index (κ1) is 13.4. The second-order valence-electron chi connectivity index (χ2n) is 3.81. The third-order valence-electron chi connectivity index (χ3n) is 2.19. The van der Waals surface area contributed by atoms with Crippen molar-refractivity contribution in [1.29, 1.82) is 0 Å². The lowest BCUT2D eigenvalue weighted by atomic mass is 10.2. The average molecular weight is 239 g/mol. The van der Waals surface area contributed by atoms with Gasteiger partial charge >= 0.3 is 5.82 Å². The number of hydrogen-bond acceptors (Lipinski definition) is 5. The number of ether oxygens (including phenoxy) is 1. The van der Waals surface area contributed by atoms with E-state index in [1.807, 2.05) is 13.8 Å². The number of rotatable bonds is 7. The van der Waals surface area contributed by atoms with Crippen molar-refractivity contribution >= 4 is 5.82 Å². The van der Waals surface area contributed by atoms with E-state index in [0.717, 1.165) is 13.1 Å². The van der Waals surface area contributed by atoms with Crippen molar-refractivity contribution in [3.05, 3.63) is 28.4 Å². The van der Waals surface area contributed by atoms with Gasteiger partial charge in [0.15, 0.2) is 0 Å². The number of nitrogens with one attached hydrogen (secondary N) is 1. The molecule has 94 valence electrons. The molecule has 0 aromatic carbocycles. The first-order chi connectivity index (χ1) is 8.15. The SMILES string of the molecule is CCNCC(C)COc1cccnc1[N+](=O)[O-]. The van der Waals surface area contributed by atoms with Gasteiger partial charge in [0, 0.05) is 12.5 Å². The maximum atomic E-state index is 10.7. The van der Waals surface area contributed by atoms with Crippen LogP contribution in [0.4, 0.5) is 5.82 Å². The topological polar surface area (TPSA) is 77.3 Å². The smallest absolute Gasteiger partial charge is 0.406 e. The molecule has 1 rings (SSSR count). The number of hydrogen-bond donors (Lipinski definition) is 1. The van der Waals surface area contributed by atoms with Gasteiger partial charge in [-0.05, 0) is 28.6 Å². The van der Waals surface area contributed by atoms with Gasteiger partial charge < -0.3 is 20.2 Å². The largest absolute Gasteiger partial charge is 0.485 e. The Hall–Kier alpha value is -1.69. The minimum atomic E-state index is -0.537. The monoisotopic (exact) mass is 239 g/mol. The van der Waals surface area contributed by atoms with Gasteiger partial charge in [-0.3, -0.25) is 0 Å². The third kappa shape index (κ3) is 4.36. The van der Waals surface area contributed by atoms with Crippen LogP contribution in [-0.4, -0.2) is 29.6 Å². The summed E-state index contributed by atoms with van der Waals surface area (Å²) in [5.41, 5.74) is 0. The fraction of sp³-hybridized carbons (Fsp3) is 0.545. The molecule has 1 N–H and O–H groups in total. The fourth-order valence-corrected chi connectivity index (χ4v) is 1.31. The molecular weight excluding hydrogens is 222 g/mol. The van der Waals surface area contributed by atoms with Crippen molar-refractivity contribution in [3.63, 3.8) is 0 Å². The zero-order valence-corrected chi connectivity index (χ0v) is 10.0. The second kappa shape index (κ2) is 6.80. The lowest BCUT2D eigenvalue weighted by molar-refractivity contribution is -0.390. The molecule has 0 aliphatic carbocycles. The summed E-state index contributed by atoms with van der Waals surface area (Å²) in [4.78, 5) is 13.8. The Morgan fingerprint density at radius 3 is 3.06 bits per heavy atom. The molecule has 6 nitrogen and oxygen atoms in total. The van der Waals surface area contributed by atoms with Crippen LogP contribution in [0.5, 0.6) is 5.75 Å². The van der Waals surface area contributed by atoms with Crippen LogP contribution in [0, 0.1) is 16.0 Å². The normalized spacial score (nSPS) is 12.1. The molecule has 0 saturated heterocycles. The Morgan fingerprint density at radius 1 is 1.65 bits per heavy atom. The Labute approximate surface area is 100 Å². The van der Waals surface area contributed by atoms with Gasteiger partial charge in [0.05, 0.1) is 6.61 Å². The van der Waals surface area contributed by atoms with Crippen LogP contribution in [-0.2, 0) is 0 Å². The lowest BCUT2D eigenvalue weighted by Gasteiger charge is -2.12. The van der Waals surface area contributed by atoms with E-state index in [0.29, 0.717) is 6.61 Å². The number of nitrogens with zero attached hydrogens (tertiary/aromatic N) is 2. The molecule has 0 amide bonds. The van der Waals surface area contributed by atoms with E-state index in [1.165, 1.54) is 6.20 Å². The van der Waals surface area contributed by atoms with Gasteiger partial charge in [-0.15, -0.1) is 0 Å². The van der Waals surface area contributed by atoms with Gasteiger partial charge in [-0.1, -0.05) is 13.8 Å². The van der Waals surface area contributed by atoms with Crippen LogP contribution in [0.3, 0.4) is 0 Å². The molecule has 0 radical (unpaired) electrons. The van der Waals surface area contributed by atoms with Gasteiger partial charge in [0.25, 0.3) is 0 Å². The molecule has 0 spiro atoms. The highest BCUT2D eigenvalue weighted by atomic mass is 16.6. The summed E-state index contributed by atoms with van der Waals surface area (Å²) in [5, 5.41) is 13.9. The molecule has 1 aromatic heterocycles. The minimum absolute atomic E-state index is 0.223. The molecule has 1 aromatic rings. The first-order valence-electron chi connectivity index (χ1n) is 5.58. The van der Waals surface area contributed by atoms with E-state index in [9.17, 15) is 10.1 Å². The maximum Gasteiger partial charge on any atom is 0.406 e. The molecule has 0 bridgehead atoms. The minimum Gasteiger partial charge on any atom is -0.485 e. The summed E-state index contributed by atoms with van der Waals surface area (Å²) >= 11 is 0. The van der Waals surface area contributed by atoms with Crippen LogP contribution < -0.4 is 10.1 Å². The molecule has 0 saturated carbocycles. The molecule has 1 atom stereocenters. The predicted octanol–water partition coefficient (Wildman–Crippen LogP) is 1.61. The molecule has 6 heteroatoms. The molecular formula is C11H17N3O3. The molecule has 1 unspecified atom stereocenters. The van der Waals surface area contributed by atoms with Gasteiger partial charge in [-0.25, -0.2) is 0 Å². The Balaban J connectivity index is 2.54. The number of aromatic nitrogens is 1. The van der Waals surface area contributed by atoms with E-state index >= 15 is 0 Å². The summed E-state index contributed by atoms with van der Waals surface area (Å²) in [6.07, 6.45) is 1.38. The molecule has 0 aliphatic rings. The van der Waals surface area contributed by atoms with E-state index in [-0.39, 0.29) is 17.5 Å². The van der Waals surface area contributed by atoms with Crippen molar-refractivity contribution in [2.75, 3.05) is 19.7 Å². The molecule has 0 fully saturated rings. The van der Waals surface area contributed by atoms with Crippen LogP contribution in [0.15, 0.2) is 18.3 Å². The van der Waals surface area contributed by atoms with E-state index in [4.69, 9.17) is 4.74 Å². The molecule has 17 heavy (non-hydrogen) atoms. The highest BCUT2D eigenvalue weighted by molar-refractivity contribution is 5.38. The van der Waals surface area contributed by atoms with E-state index in [1.54, 1.807) is 12.1 Å². The van der Waals surface area contributed by atoms with Crippen molar-refractivity contribution in [2.24, 2.45) is 5.92 Å². The Kier molecular flexibility index (Phi) is 5.35. The average Bonchev–Trinajstić information content (AvgIpc) is 2.34. The highest BCUT2D eigenvalue weighted by Crippen LogP contribution is 2.23. The zero-order chi connectivity index (χ0) is 12.7. The quantitative estimate of drug-likeness (QED) is 0.577. The van der Waals surface area contributed by atoms with Crippen molar-refractivity contribution in [1.82, 2.24) is 10.3 Å². The summed E-state index contributed by atoms with van der Waals surface area (Å²) in [5.74, 6) is 0.277. The Morgan fingerprint density at radius 2 is 2.41 bits per heavy atom. The van der Waals surface area contributed by atoms with Crippen LogP contribution in [0.2, 0.25) is 0 Å². The first-order valence-corrected chi connectivity index (χ1v) is 5.58. The lowest BCUT2D eigenvalue weighted by Crippen LogP contribution is -2.24. The maximum absolute atomic E-state index is 10.7. The predicted molar refractivity (Wildman–Crippen MR) is 64.1 cm³/mol. The van der Waals surface area contributed by atoms with Gasteiger partial charge in [0.1, 0.15) is 6.20 Å².